The highest BCUT2D eigenvalue weighted by Gasteiger charge is 2.28. The minimum absolute atomic E-state index is 0.204. The Balaban J connectivity index is 1.76. The molecule has 0 saturated heterocycles. The van der Waals surface area contributed by atoms with Crippen LogP contribution < -0.4 is 5.32 Å². The normalized spacial score (nSPS) is 14.5. The van der Waals surface area contributed by atoms with Crippen LogP contribution in [0.3, 0.4) is 0 Å². The fourth-order valence-electron chi connectivity index (χ4n) is 2.01. The van der Waals surface area contributed by atoms with Crippen LogP contribution in [0.25, 0.3) is 0 Å². The lowest BCUT2D eigenvalue weighted by molar-refractivity contribution is 0.145. The number of halogens is 3. The molecule has 0 amide bonds. The van der Waals surface area contributed by atoms with Crippen LogP contribution in [0.5, 0.6) is 0 Å². The van der Waals surface area contributed by atoms with Gasteiger partial charge in [0, 0.05) is 23.0 Å². The number of hydrogen-bond donors (Lipinski definition) is 1. The zero-order valence-corrected chi connectivity index (χ0v) is 12.8. The van der Waals surface area contributed by atoms with Crippen molar-refractivity contribution in [2.75, 3.05) is 5.32 Å². The predicted molar refractivity (Wildman–Crippen MR) is 80.4 cm³/mol. The van der Waals surface area contributed by atoms with Crippen molar-refractivity contribution in [2.45, 2.75) is 31.7 Å². The molecule has 1 aliphatic rings. The zero-order valence-electron chi connectivity index (χ0n) is 11.2. The quantitative estimate of drug-likeness (QED) is 0.848. The number of nitrogens with zero attached hydrogens (tertiary/aromatic N) is 2. The fraction of sp³-hybridized carbons (Fsp3) is 0.333. The van der Waals surface area contributed by atoms with E-state index in [1.54, 1.807) is 0 Å². The van der Waals surface area contributed by atoms with Crippen molar-refractivity contribution < 1.29 is 8.78 Å². The van der Waals surface area contributed by atoms with E-state index in [0.717, 1.165) is 22.9 Å². The van der Waals surface area contributed by atoms with Gasteiger partial charge >= 0.3 is 0 Å². The molecule has 0 atom stereocenters. The Morgan fingerprint density at radius 3 is 2.52 bits per heavy atom. The van der Waals surface area contributed by atoms with Crippen molar-refractivity contribution in [1.82, 2.24) is 9.97 Å². The minimum atomic E-state index is -2.57. The summed E-state index contributed by atoms with van der Waals surface area (Å²) in [6, 6.07) is 9.14. The van der Waals surface area contributed by atoms with Crippen molar-refractivity contribution in [3.05, 3.63) is 51.9 Å². The Bertz CT molecular complexity index is 607. The minimum Gasteiger partial charge on any atom is -0.366 e. The topological polar surface area (TPSA) is 37.8 Å². The molecule has 2 aromatic rings. The third kappa shape index (κ3) is 3.75. The van der Waals surface area contributed by atoms with Crippen LogP contribution in [0.15, 0.2) is 34.8 Å². The maximum atomic E-state index is 12.9. The summed E-state index contributed by atoms with van der Waals surface area (Å²) >= 11 is 3.37. The van der Waals surface area contributed by atoms with E-state index in [4.69, 9.17) is 0 Å². The van der Waals surface area contributed by atoms with Crippen LogP contribution >= 0.6 is 15.9 Å². The number of anilines is 1. The van der Waals surface area contributed by atoms with Crippen molar-refractivity contribution in [3.8, 4) is 0 Å². The van der Waals surface area contributed by atoms with Crippen molar-refractivity contribution in [1.29, 1.82) is 0 Å². The molecule has 21 heavy (non-hydrogen) atoms. The van der Waals surface area contributed by atoms with E-state index in [-0.39, 0.29) is 11.6 Å². The van der Waals surface area contributed by atoms with E-state index in [1.165, 1.54) is 6.07 Å². The highest BCUT2D eigenvalue weighted by molar-refractivity contribution is 9.10. The van der Waals surface area contributed by atoms with Gasteiger partial charge in [-0.2, -0.15) is 0 Å². The van der Waals surface area contributed by atoms with Crippen LogP contribution in [0.4, 0.5) is 14.6 Å². The number of hydrogen-bond acceptors (Lipinski definition) is 3. The molecule has 0 spiro atoms. The summed E-state index contributed by atoms with van der Waals surface area (Å²) in [6.07, 6.45) is -0.601. The number of rotatable bonds is 5. The molecular weight excluding hydrogens is 340 g/mol. The zero-order chi connectivity index (χ0) is 14.8. The molecule has 0 aliphatic heterocycles. The SMILES string of the molecule is FC(F)c1cc(NCc2ccc(Br)cc2)nc(C2CC2)n1. The Hall–Kier alpha value is -1.56. The van der Waals surface area contributed by atoms with E-state index in [0.29, 0.717) is 18.2 Å². The molecule has 1 heterocycles. The second-order valence-electron chi connectivity index (χ2n) is 5.09. The average molecular weight is 354 g/mol. The fourth-order valence-corrected chi connectivity index (χ4v) is 2.27. The second-order valence-corrected chi connectivity index (χ2v) is 6.01. The van der Waals surface area contributed by atoms with Gasteiger partial charge in [-0.1, -0.05) is 28.1 Å². The van der Waals surface area contributed by atoms with Gasteiger partial charge < -0.3 is 5.32 Å². The smallest absolute Gasteiger partial charge is 0.280 e. The summed E-state index contributed by atoms with van der Waals surface area (Å²) in [6.45, 7) is 0.539. The summed E-state index contributed by atoms with van der Waals surface area (Å²) < 4.78 is 26.8. The molecule has 1 N–H and O–H groups in total. The van der Waals surface area contributed by atoms with Crippen LogP contribution in [-0.4, -0.2) is 9.97 Å². The first kappa shape index (κ1) is 14.4. The predicted octanol–water partition coefficient (Wildman–Crippen LogP) is 4.67. The maximum absolute atomic E-state index is 12.9. The molecule has 0 bridgehead atoms. The molecule has 1 aromatic heterocycles. The summed E-state index contributed by atoms with van der Waals surface area (Å²) in [7, 11) is 0. The van der Waals surface area contributed by atoms with Gasteiger partial charge in [0.05, 0.1) is 0 Å². The number of nitrogens with one attached hydrogen (secondary N) is 1. The Labute approximate surface area is 129 Å². The summed E-state index contributed by atoms with van der Waals surface area (Å²) in [5, 5.41) is 3.10. The molecule has 110 valence electrons. The van der Waals surface area contributed by atoms with Crippen LogP contribution in [-0.2, 0) is 6.54 Å². The molecule has 1 fully saturated rings. The third-order valence-corrected chi connectivity index (χ3v) is 3.84. The molecular formula is C15H14BrF2N3. The van der Waals surface area contributed by atoms with Crippen LogP contribution in [0.1, 0.15) is 42.3 Å². The first-order valence-corrected chi connectivity index (χ1v) is 7.56. The van der Waals surface area contributed by atoms with E-state index < -0.39 is 6.43 Å². The Morgan fingerprint density at radius 1 is 1.19 bits per heavy atom. The van der Waals surface area contributed by atoms with E-state index >= 15 is 0 Å². The number of alkyl halides is 2. The molecule has 1 aromatic carbocycles. The number of aromatic nitrogens is 2. The average Bonchev–Trinajstić information content (AvgIpc) is 3.31. The van der Waals surface area contributed by atoms with Crippen LogP contribution in [0.2, 0.25) is 0 Å². The lowest BCUT2D eigenvalue weighted by atomic mass is 10.2. The lowest BCUT2D eigenvalue weighted by Crippen LogP contribution is -2.06. The van der Waals surface area contributed by atoms with Gasteiger partial charge in [-0.15, -0.1) is 0 Å². The number of benzene rings is 1. The molecule has 3 nitrogen and oxygen atoms in total. The Kier molecular flexibility index (Phi) is 4.14. The molecule has 3 rings (SSSR count). The molecule has 0 unspecified atom stereocenters. The lowest BCUT2D eigenvalue weighted by Gasteiger charge is -2.09. The van der Waals surface area contributed by atoms with Crippen molar-refractivity contribution >= 4 is 21.7 Å². The monoisotopic (exact) mass is 353 g/mol. The van der Waals surface area contributed by atoms with Crippen LogP contribution in [0, 0.1) is 0 Å². The molecule has 0 radical (unpaired) electrons. The standard InChI is InChI=1S/C15H14BrF2N3/c16-11-5-1-9(2-6-11)8-19-13-7-12(14(17)18)20-15(21-13)10-3-4-10/h1-2,5-7,10,14H,3-4,8H2,(H,19,20,21). The van der Waals surface area contributed by atoms with Gasteiger partial charge in [0.15, 0.2) is 0 Å². The van der Waals surface area contributed by atoms with Gasteiger partial charge in [0.1, 0.15) is 17.3 Å². The highest BCUT2D eigenvalue weighted by atomic mass is 79.9. The summed E-state index contributed by atoms with van der Waals surface area (Å²) in [5.41, 5.74) is 0.855. The highest BCUT2D eigenvalue weighted by Crippen LogP contribution is 2.39. The third-order valence-electron chi connectivity index (χ3n) is 3.32. The van der Waals surface area contributed by atoms with Gasteiger partial charge in [-0.25, -0.2) is 18.7 Å². The van der Waals surface area contributed by atoms with Crippen molar-refractivity contribution in [2.24, 2.45) is 0 Å². The Morgan fingerprint density at radius 2 is 1.90 bits per heavy atom. The summed E-state index contributed by atoms with van der Waals surface area (Å²) in [5.74, 6) is 1.24. The van der Waals surface area contributed by atoms with E-state index in [9.17, 15) is 8.78 Å². The molecule has 1 aliphatic carbocycles. The van der Waals surface area contributed by atoms with Gasteiger partial charge in [-0.05, 0) is 30.5 Å². The maximum Gasteiger partial charge on any atom is 0.280 e. The first-order chi connectivity index (χ1) is 10.1. The van der Waals surface area contributed by atoms with E-state index in [2.05, 4.69) is 31.2 Å². The summed E-state index contributed by atoms with van der Waals surface area (Å²) in [4.78, 5) is 8.30. The van der Waals surface area contributed by atoms with Gasteiger partial charge in [-0.3, -0.25) is 0 Å². The van der Waals surface area contributed by atoms with Gasteiger partial charge in [0.2, 0.25) is 0 Å². The first-order valence-electron chi connectivity index (χ1n) is 6.77. The molecule has 6 heteroatoms. The van der Waals surface area contributed by atoms with Gasteiger partial charge in [0.25, 0.3) is 6.43 Å². The largest absolute Gasteiger partial charge is 0.366 e. The van der Waals surface area contributed by atoms with E-state index in [1.807, 2.05) is 24.3 Å². The molecule has 1 saturated carbocycles. The second kappa shape index (κ2) is 6.05. The van der Waals surface area contributed by atoms with Crippen molar-refractivity contribution in [3.63, 3.8) is 0 Å².